The maximum atomic E-state index is 13.1. The molecule has 0 spiro atoms. The van der Waals surface area contributed by atoms with Crippen molar-refractivity contribution in [2.45, 2.75) is 38.1 Å². The lowest BCUT2D eigenvalue weighted by Gasteiger charge is -2.25. The number of ether oxygens (including phenoxy) is 1. The number of aryl methyl sites for hydroxylation is 2. The summed E-state index contributed by atoms with van der Waals surface area (Å²) in [4.78, 5) is 27.4. The normalized spacial score (nSPS) is 19.9. The van der Waals surface area contributed by atoms with Crippen LogP contribution in [0.5, 0.6) is 5.75 Å². The van der Waals surface area contributed by atoms with E-state index in [9.17, 15) is 19.8 Å². The Balaban J connectivity index is 1.82. The van der Waals surface area contributed by atoms with Gasteiger partial charge in [-0.1, -0.05) is 29.8 Å². The summed E-state index contributed by atoms with van der Waals surface area (Å²) in [5.74, 6) is -1.69. The molecule has 0 bridgehead atoms. The molecule has 7 heteroatoms. The van der Waals surface area contributed by atoms with Gasteiger partial charge in [0.15, 0.2) is 0 Å². The predicted octanol–water partition coefficient (Wildman–Crippen LogP) is 4.38. The molecule has 168 valence electrons. The van der Waals surface area contributed by atoms with Gasteiger partial charge in [-0.05, 0) is 67.0 Å². The molecule has 0 radical (unpaired) electrons. The molecule has 1 saturated heterocycles. The average Bonchev–Trinajstić information content (AvgIpc) is 3.05. The van der Waals surface area contributed by atoms with Crippen molar-refractivity contribution in [1.29, 1.82) is 0 Å². The van der Waals surface area contributed by atoms with Gasteiger partial charge >= 0.3 is 0 Å². The van der Waals surface area contributed by atoms with E-state index >= 15 is 0 Å². The van der Waals surface area contributed by atoms with Crippen molar-refractivity contribution in [2.24, 2.45) is 0 Å². The molecule has 0 aromatic heterocycles. The number of hydrogen-bond donors (Lipinski definition) is 2. The number of hydrogen-bond acceptors (Lipinski definition) is 5. The molecule has 2 N–H and O–H groups in total. The van der Waals surface area contributed by atoms with E-state index in [0.717, 1.165) is 25.7 Å². The van der Waals surface area contributed by atoms with E-state index in [1.54, 1.807) is 19.2 Å². The first-order chi connectivity index (χ1) is 15.4. The van der Waals surface area contributed by atoms with Gasteiger partial charge in [0.05, 0.1) is 16.6 Å². The minimum Gasteiger partial charge on any atom is -0.507 e. The first-order valence-electron chi connectivity index (χ1n) is 10.8. The topological polar surface area (TPSA) is 87.1 Å². The Kier molecular flexibility index (Phi) is 6.53. The zero-order valence-electron chi connectivity index (χ0n) is 17.9. The Morgan fingerprint density at radius 2 is 1.88 bits per heavy atom. The van der Waals surface area contributed by atoms with Crippen molar-refractivity contribution in [2.75, 3.05) is 20.3 Å². The average molecular weight is 456 g/mol. The molecule has 1 heterocycles. The second-order valence-electron chi connectivity index (χ2n) is 8.24. The number of carbonyl (C=O) groups excluding carboxylic acids is 2. The Morgan fingerprint density at radius 3 is 2.59 bits per heavy atom. The highest BCUT2D eigenvalue weighted by Crippen LogP contribution is 2.41. The van der Waals surface area contributed by atoms with Gasteiger partial charge in [0.25, 0.3) is 11.7 Å². The van der Waals surface area contributed by atoms with Crippen molar-refractivity contribution in [3.05, 3.63) is 69.2 Å². The third-order valence-electron chi connectivity index (χ3n) is 6.20. The number of benzene rings is 2. The zero-order chi connectivity index (χ0) is 22.8. The molecule has 1 unspecified atom stereocenters. The zero-order valence-corrected chi connectivity index (χ0v) is 18.7. The molecule has 2 aromatic rings. The number of likely N-dealkylation sites (tertiary alicyclic amines) is 1. The van der Waals surface area contributed by atoms with Crippen LogP contribution in [-0.4, -0.2) is 47.1 Å². The van der Waals surface area contributed by atoms with E-state index in [-0.39, 0.29) is 28.6 Å². The Hall–Kier alpha value is -2.83. The van der Waals surface area contributed by atoms with Gasteiger partial charge < -0.3 is 19.8 Å². The molecule has 1 aliphatic carbocycles. The van der Waals surface area contributed by atoms with Crippen molar-refractivity contribution < 1.29 is 24.5 Å². The number of nitrogens with zero attached hydrogens (tertiary/aromatic N) is 1. The fourth-order valence-corrected chi connectivity index (χ4v) is 4.75. The van der Waals surface area contributed by atoms with E-state index in [1.807, 2.05) is 12.1 Å². The number of methoxy groups -OCH3 is 1. The summed E-state index contributed by atoms with van der Waals surface area (Å²) in [6.45, 7) is 0.708. The lowest BCUT2D eigenvalue weighted by molar-refractivity contribution is -0.140. The lowest BCUT2D eigenvalue weighted by atomic mass is 9.88. The van der Waals surface area contributed by atoms with Crippen LogP contribution in [0.15, 0.2) is 42.0 Å². The molecule has 0 saturated carbocycles. The van der Waals surface area contributed by atoms with Gasteiger partial charge in [0.2, 0.25) is 0 Å². The highest BCUT2D eigenvalue weighted by Gasteiger charge is 2.46. The number of aliphatic hydroxyl groups is 1. The van der Waals surface area contributed by atoms with E-state index in [0.29, 0.717) is 24.2 Å². The summed E-state index contributed by atoms with van der Waals surface area (Å²) >= 11 is 6.13. The quantitative estimate of drug-likeness (QED) is 0.292. The first kappa shape index (κ1) is 22.4. The number of aliphatic hydroxyl groups excluding tert-OH is 1. The molecule has 4 rings (SSSR count). The number of phenolic OH excluding ortho intramolecular Hbond substituents is 1. The molecule has 1 aliphatic heterocycles. The summed E-state index contributed by atoms with van der Waals surface area (Å²) in [5, 5.41) is 21.2. The Morgan fingerprint density at radius 1 is 1.12 bits per heavy atom. The van der Waals surface area contributed by atoms with Crippen molar-refractivity contribution >= 4 is 29.1 Å². The Labute approximate surface area is 192 Å². The van der Waals surface area contributed by atoms with Gasteiger partial charge in [0, 0.05) is 25.8 Å². The molecule has 1 amide bonds. The molecule has 6 nitrogen and oxygen atoms in total. The molecular weight excluding hydrogens is 430 g/mol. The summed E-state index contributed by atoms with van der Waals surface area (Å²) in [6.07, 6.45) is 4.70. The van der Waals surface area contributed by atoms with Crippen LogP contribution in [0, 0.1) is 0 Å². The number of phenols is 1. The fourth-order valence-electron chi connectivity index (χ4n) is 4.57. The lowest BCUT2D eigenvalue weighted by Crippen LogP contribution is -2.31. The van der Waals surface area contributed by atoms with Crippen LogP contribution in [0.4, 0.5) is 0 Å². The predicted molar refractivity (Wildman–Crippen MR) is 122 cm³/mol. The molecule has 2 aliphatic rings. The molecule has 1 fully saturated rings. The largest absolute Gasteiger partial charge is 0.507 e. The third kappa shape index (κ3) is 4.12. The van der Waals surface area contributed by atoms with Crippen LogP contribution >= 0.6 is 11.6 Å². The number of aromatic hydroxyl groups is 1. The number of fused-ring (bicyclic) bond motifs is 1. The van der Waals surface area contributed by atoms with E-state index < -0.39 is 17.7 Å². The van der Waals surface area contributed by atoms with E-state index in [1.165, 1.54) is 28.2 Å². The van der Waals surface area contributed by atoms with Gasteiger partial charge in [0.1, 0.15) is 11.5 Å². The van der Waals surface area contributed by atoms with Crippen LogP contribution in [-0.2, 0) is 27.2 Å². The first-order valence-corrected chi connectivity index (χ1v) is 11.2. The van der Waals surface area contributed by atoms with Crippen LogP contribution < -0.4 is 0 Å². The molecule has 32 heavy (non-hydrogen) atoms. The molecular formula is C25H26ClNO5. The van der Waals surface area contributed by atoms with Crippen LogP contribution in [0.3, 0.4) is 0 Å². The number of carbonyl (C=O) groups is 2. The third-order valence-corrected chi connectivity index (χ3v) is 6.50. The minimum atomic E-state index is -0.805. The Bertz CT molecular complexity index is 1090. The second kappa shape index (κ2) is 9.35. The number of Topliss-reactive ketones (excluding diaryl/α,β-unsaturated/α-hetero) is 1. The smallest absolute Gasteiger partial charge is 0.295 e. The van der Waals surface area contributed by atoms with E-state index in [2.05, 4.69) is 0 Å². The summed E-state index contributed by atoms with van der Waals surface area (Å²) < 4.78 is 5.10. The molecule has 2 aromatic carbocycles. The fraction of sp³-hybridized carbons (Fsp3) is 0.360. The van der Waals surface area contributed by atoms with Crippen LogP contribution in [0.1, 0.15) is 47.6 Å². The summed E-state index contributed by atoms with van der Waals surface area (Å²) in [6, 6.07) is 9.47. The number of amides is 1. The van der Waals surface area contributed by atoms with Gasteiger partial charge in [-0.15, -0.1) is 0 Å². The van der Waals surface area contributed by atoms with Crippen molar-refractivity contribution in [3.63, 3.8) is 0 Å². The summed E-state index contributed by atoms with van der Waals surface area (Å²) in [5.41, 5.74) is 3.53. The highest BCUT2D eigenvalue weighted by molar-refractivity contribution is 6.46. The summed E-state index contributed by atoms with van der Waals surface area (Å²) in [7, 11) is 1.57. The van der Waals surface area contributed by atoms with Crippen LogP contribution in [0.2, 0.25) is 5.02 Å². The number of rotatable bonds is 6. The monoisotopic (exact) mass is 455 g/mol. The number of halogens is 1. The maximum Gasteiger partial charge on any atom is 0.295 e. The van der Waals surface area contributed by atoms with Gasteiger partial charge in [-0.2, -0.15) is 0 Å². The maximum absolute atomic E-state index is 13.1. The van der Waals surface area contributed by atoms with Crippen LogP contribution in [0.25, 0.3) is 5.76 Å². The van der Waals surface area contributed by atoms with Crippen molar-refractivity contribution in [1.82, 2.24) is 4.90 Å². The molecule has 1 atom stereocenters. The van der Waals surface area contributed by atoms with E-state index in [4.69, 9.17) is 16.3 Å². The highest BCUT2D eigenvalue weighted by atomic mass is 35.5. The minimum absolute atomic E-state index is 0.0323. The van der Waals surface area contributed by atoms with Gasteiger partial charge in [-0.25, -0.2) is 0 Å². The second-order valence-corrected chi connectivity index (χ2v) is 8.65. The number of ketones is 1. The standard InChI is InChI=1S/C25H26ClNO5/c1-32-12-4-11-27-22(17-9-10-20(28)19(26)14-17)21(24(30)25(27)31)23(29)18-8-7-15-5-2-3-6-16(15)13-18/h7-10,13-14,22,28-29H,2-6,11-12H2,1H3/b23-21-. The van der Waals surface area contributed by atoms with Gasteiger partial charge in [-0.3, -0.25) is 9.59 Å². The SMILES string of the molecule is COCCCN1C(=O)C(=O)/C(=C(\O)c2ccc3c(c2)CCCC3)C1c1ccc(O)c(Cl)c1. The van der Waals surface area contributed by atoms with Crippen molar-refractivity contribution in [3.8, 4) is 5.75 Å².